The zero-order valence-electron chi connectivity index (χ0n) is 16.8. The van der Waals surface area contributed by atoms with Crippen LogP contribution in [0.4, 0.5) is 10.5 Å². The summed E-state index contributed by atoms with van der Waals surface area (Å²) in [6, 6.07) is 10.0. The number of carbonyl (C=O) groups excluding carboxylic acids is 2. The Kier molecular flexibility index (Phi) is 6.05. The number of benzene rings is 2. The first kappa shape index (κ1) is 20.6. The molecule has 1 aliphatic rings. The van der Waals surface area contributed by atoms with Crippen LogP contribution in [0, 0.1) is 12.8 Å². The topological polar surface area (TPSA) is 111 Å². The van der Waals surface area contributed by atoms with Crippen LogP contribution in [-0.4, -0.2) is 31.0 Å². The molecule has 3 rings (SSSR count). The summed E-state index contributed by atoms with van der Waals surface area (Å²) in [6.45, 7) is 2.01. The van der Waals surface area contributed by atoms with Gasteiger partial charge in [0.25, 0.3) is 0 Å². The van der Waals surface area contributed by atoms with Crippen molar-refractivity contribution in [1.29, 1.82) is 0 Å². The quantitative estimate of drug-likeness (QED) is 0.321. The molecule has 1 saturated carbocycles. The van der Waals surface area contributed by atoms with E-state index < -0.39 is 6.03 Å². The van der Waals surface area contributed by atoms with Gasteiger partial charge in [0.05, 0.1) is 18.4 Å². The number of Topliss-reactive ketones (excluding diaryl/α,β-unsaturated/α-hetero) is 1. The number of hydrogen-bond acceptors (Lipinski definition) is 6. The van der Waals surface area contributed by atoms with E-state index in [1.165, 1.54) is 14.2 Å². The lowest BCUT2D eigenvalue weighted by molar-refractivity contribution is 0.0967. The summed E-state index contributed by atoms with van der Waals surface area (Å²) in [5, 5.41) is 1.84. The van der Waals surface area contributed by atoms with Crippen molar-refractivity contribution in [3.63, 3.8) is 0 Å². The van der Waals surface area contributed by atoms with E-state index in [9.17, 15) is 9.59 Å². The van der Waals surface area contributed by atoms with Gasteiger partial charge in [-0.05, 0) is 55.7 Å². The number of anilines is 1. The Hall–Kier alpha value is -3.10. The molecule has 0 bridgehead atoms. The van der Waals surface area contributed by atoms with Crippen molar-refractivity contribution >= 4 is 17.5 Å². The van der Waals surface area contributed by atoms with Gasteiger partial charge >= 0.3 is 6.03 Å². The van der Waals surface area contributed by atoms with Crippen molar-refractivity contribution < 1.29 is 19.1 Å². The number of hydrazine groups is 2. The third-order valence-electron chi connectivity index (χ3n) is 4.88. The van der Waals surface area contributed by atoms with E-state index in [0.29, 0.717) is 28.3 Å². The Morgan fingerprint density at radius 1 is 1.14 bits per heavy atom. The molecule has 0 aromatic heterocycles. The predicted octanol–water partition coefficient (Wildman–Crippen LogP) is 2.78. The summed E-state index contributed by atoms with van der Waals surface area (Å²) < 4.78 is 11.4. The van der Waals surface area contributed by atoms with Crippen LogP contribution in [0.3, 0.4) is 0 Å². The van der Waals surface area contributed by atoms with Gasteiger partial charge in [0.2, 0.25) is 0 Å². The lowest BCUT2D eigenvalue weighted by atomic mass is 10.0. The number of aryl methyl sites for hydroxylation is 1. The molecular weight excluding hydrogens is 372 g/mol. The second kappa shape index (κ2) is 8.50. The number of carbonyl (C=O) groups is 2. The standard InChI is InChI=1S/C21H26N4O4/c1-13-11-15(20(26)14-7-8-14)9-10-18(13)29-12-16-17(5-4-6-19(16)28-3)25(23)21(27)24(2)22/h4-6,9-11,14H,7-8,12,22-23H2,1-3H3. The molecule has 0 heterocycles. The molecule has 0 atom stereocenters. The number of ether oxygens (including phenoxy) is 2. The van der Waals surface area contributed by atoms with Crippen molar-refractivity contribution in [2.24, 2.45) is 17.6 Å². The maximum Gasteiger partial charge on any atom is 0.352 e. The summed E-state index contributed by atoms with van der Waals surface area (Å²) in [5.74, 6) is 13.0. The van der Waals surface area contributed by atoms with Crippen LogP contribution in [0.2, 0.25) is 0 Å². The highest BCUT2D eigenvalue weighted by molar-refractivity contribution is 5.99. The zero-order valence-corrected chi connectivity index (χ0v) is 16.8. The van der Waals surface area contributed by atoms with E-state index in [2.05, 4.69) is 0 Å². The molecular formula is C21H26N4O4. The van der Waals surface area contributed by atoms with Crippen molar-refractivity contribution in [2.45, 2.75) is 26.4 Å². The molecule has 0 saturated heterocycles. The Balaban J connectivity index is 1.82. The summed E-state index contributed by atoms with van der Waals surface area (Å²) in [4.78, 5) is 24.4. The van der Waals surface area contributed by atoms with Gasteiger partial charge in [-0.2, -0.15) is 0 Å². The second-order valence-corrected chi connectivity index (χ2v) is 7.13. The molecule has 2 aromatic carbocycles. The van der Waals surface area contributed by atoms with Gasteiger partial charge in [-0.1, -0.05) is 6.07 Å². The number of urea groups is 1. The van der Waals surface area contributed by atoms with Gasteiger partial charge in [-0.3, -0.25) is 9.80 Å². The molecule has 2 amide bonds. The van der Waals surface area contributed by atoms with Gasteiger partial charge in [0.15, 0.2) is 5.78 Å². The maximum absolute atomic E-state index is 12.2. The normalized spacial score (nSPS) is 13.0. The number of nitrogens with zero attached hydrogens (tertiary/aromatic N) is 2. The molecule has 29 heavy (non-hydrogen) atoms. The van der Waals surface area contributed by atoms with Gasteiger partial charge < -0.3 is 9.47 Å². The van der Waals surface area contributed by atoms with E-state index in [-0.39, 0.29) is 18.3 Å². The molecule has 154 valence electrons. The molecule has 0 spiro atoms. The molecule has 1 fully saturated rings. The number of hydrogen-bond donors (Lipinski definition) is 2. The fourth-order valence-electron chi connectivity index (χ4n) is 3.08. The number of methoxy groups -OCH3 is 1. The van der Waals surface area contributed by atoms with Crippen LogP contribution in [0.5, 0.6) is 11.5 Å². The Bertz CT molecular complexity index is 925. The first-order chi connectivity index (χ1) is 13.8. The van der Waals surface area contributed by atoms with Crippen LogP contribution in [0.15, 0.2) is 36.4 Å². The molecule has 2 aromatic rings. The minimum atomic E-state index is -0.585. The van der Waals surface area contributed by atoms with Gasteiger partial charge in [-0.25, -0.2) is 21.5 Å². The summed E-state index contributed by atoms with van der Waals surface area (Å²) in [5.41, 5.74) is 2.59. The van der Waals surface area contributed by atoms with E-state index in [0.717, 1.165) is 28.4 Å². The number of ketones is 1. The predicted molar refractivity (Wildman–Crippen MR) is 110 cm³/mol. The summed E-state index contributed by atoms with van der Waals surface area (Å²) >= 11 is 0. The fourth-order valence-corrected chi connectivity index (χ4v) is 3.08. The Morgan fingerprint density at radius 2 is 1.86 bits per heavy atom. The highest BCUT2D eigenvalue weighted by atomic mass is 16.5. The largest absolute Gasteiger partial charge is 0.496 e. The SMILES string of the molecule is COc1cccc(N(N)C(=O)N(C)N)c1COc1ccc(C(=O)C2CC2)cc1C. The molecule has 8 nitrogen and oxygen atoms in total. The average molecular weight is 398 g/mol. The molecule has 0 aliphatic heterocycles. The molecule has 1 aliphatic carbocycles. The highest BCUT2D eigenvalue weighted by Gasteiger charge is 2.30. The number of rotatable bonds is 7. The van der Waals surface area contributed by atoms with E-state index >= 15 is 0 Å². The second-order valence-electron chi connectivity index (χ2n) is 7.13. The summed E-state index contributed by atoms with van der Waals surface area (Å²) in [7, 11) is 2.94. The van der Waals surface area contributed by atoms with Crippen LogP contribution in [0.25, 0.3) is 0 Å². The molecule has 0 radical (unpaired) electrons. The van der Waals surface area contributed by atoms with Gasteiger partial charge in [0.1, 0.15) is 18.1 Å². The summed E-state index contributed by atoms with van der Waals surface area (Å²) in [6.07, 6.45) is 1.94. The first-order valence-electron chi connectivity index (χ1n) is 9.34. The average Bonchev–Trinajstić information content (AvgIpc) is 3.56. The smallest absolute Gasteiger partial charge is 0.352 e. The fraction of sp³-hybridized carbons (Fsp3) is 0.333. The third-order valence-corrected chi connectivity index (χ3v) is 4.88. The lowest BCUT2D eigenvalue weighted by Gasteiger charge is -2.24. The highest BCUT2D eigenvalue weighted by Crippen LogP contribution is 2.34. The minimum Gasteiger partial charge on any atom is -0.496 e. The van der Waals surface area contributed by atoms with Crippen LogP contribution in [0.1, 0.15) is 34.3 Å². The first-order valence-corrected chi connectivity index (χ1v) is 9.34. The lowest BCUT2D eigenvalue weighted by Crippen LogP contribution is -2.49. The third kappa shape index (κ3) is 4.49. The van der Waals surface area contributed by atoms with Gasteiger partial charge in [-0.15, -0.1) is 0 Å². The van der Waals surface area contributed by atoms with E-state index in [4.69, 9.17) is 21.2 Å². The maximum atomic E-state index is 12.2. The number of amides is 2. The van der Waals surface area contributed by atoms with Crippen molar-refractivity contribution in [2.75, 3.05) is 19.2 Å². The van der Waals surface area contributed by atoms with Crippen LogP contribution >= 0.6 is 0 Å². The van der Waals surface area contributed by atoms with Crippen molar-refractivity contribution in [1.82, 2.24) is 5.01 Å². The van der Waals surface area contributed by atoms with Crippen molar-refractivity contribution in [3.8, 4) is 11.5 Å². The van der Waals surface area contributed by atoms with Crippen molar-refractivity contribution in [3.05, 3.63) is 53.1 Å². The Labute approximate surface area is 169 Å². The van der Waals surface area contributed by atoms with Gasteiger partial charge in [0, 0.05) is 18.5 Å². The number of nitrogens with two attached hydrogens (primary N) is 2. The van der Waals surface area contributed by atoms with E-state index in [1.54, 1.807) is 30.3 Å². The molecule has 8 heteroatoms. The molecule has 0 unspecified atom stereocenters. The van der Waals surface area contributed by atoms with E-state index in [1.807, 2.05) is 13.0 Å². The van der Waals surface area contributed by atoms with Crippen LogP contribution in [-0.2, 0) is 6.61 Å². The zero-order chi connectivity index (χ0) is 21.1. The Morgan fingerprint density at radius 3 is 2.45 bits per heavy atom. The minimum absolute atomic E-state index is 0.116. The van der Waals surface area contributed by atoms with Crippen LogP contribution < -0.4 is 26.2 Å². The molecule has 4 N–H and O–H groups in total. The monoisotopic (exact) mass is 398 g/mol.